The Bertz CT molecular complexity index is 2660. The number of hydrogen-bond donors (Lipinski definition) is 0. The molecule has 1 fully saturated rings. The van der Waals surface area contributed by atoms with Crippen molar-refractivity contribution < 1.29 is 4.42 Å². The van der Waals surface area contributed by atoms with Crippen molar-refractivity contribution in [2.45, 2.75) is 84.4 Å². The fraction of sp³-hybridized carbons (Fsp3) is 0.275. The van der Waals surface area contributed by atoms with Crippen LogP contribution in [0.25, 0.3) is 72.3 Å². The monoisotopic (exact) mass is 716 g/mol. The molecule has 4 heteroatoms. The van der Waals surface area contributed by atoms with Crippen molar-refractivity contribution in [1.29, 1.82) is 0 Å². The third-order valence-electron chi connectivity index (χ3n) is 12.3. The standard InChI is InChI=1S/C51H49BN2O/c1-32(2)42-29-37(35-19-22-38(23-20-35)51(52)27-25-50(5,6)26-28-51)30-43(33(3)4)47(42)54-45-18-11-10-17-44(45)53-49(54)41-16-12-15-40-39-24-21-36(31-46(39)55-48(40)41)34-13-8-7-9-14-34/h7-24,29-33H,25-28H2,1-6H3. The molecule has 2 aromatic heterocycles. The molecule has 0 bridgehead atoms. The van der Waals surface area contributed by atoms with Gasteiger partial charge < -0.3 is 4.42 Å². The van der Waals surface area contributed by atoms with Crippen LogP contribution in [0.5, 0.6) is 0 Å². The summed E-state index contributed by atoms with van der Waals surface area (Å²) < 4.78 is 9.24. The van der Waals surface area contributed by atoms with Gasteiger partial charge in [-0.3, -0.25) is 4.57 Å². The third-order valence-corrected chi connectivity index (χ3v) is 12.3. The second-order valence-corrected chi connectivity index (χ2v) is 17.3. The summed E-state index contributed by atoms with van der Waals surface area (Å²) in [4.78, 5) is 5.39. The number of rotatable bonds is 7. The van der Waals surface area contributed by atoms with E-state index in [1.54, 1.807) is 0 Å². The molecular formula is C51H49BN2O. The number of aromatic nitrogens is 2. The summed E-state index contributed by atoms with van der Waals surface area (Å²) in [5.41, 5.74) is 14.9. The first kappa shape index (κ1) is 35.4. The molecule has 2 heterocycles. The van der Waals surface area contributed by atoms with Crippen molar-refractivity contribution in [3.63, 3.8) is 0 Å². The van der Waals surface area contributed by atoms with E-state index < -0.39 is 0 Å². The third kappa shape index (κ3) is 6.20. The van der Waals surface area contributed by atoms with Gasteiger partial charge in [0.25, 0.3) is 0 Å². The highest BCUT2D eigenvalue weighted by molar-refractivity contribution is 6.16. The quantitative estimate of drug-likeness (QED) is 0.154. The lowest BCUT2D eigenvalue weighted by Crippen LogP contribution is -2.35. The van der Waals surface area contributed by atoms with Crippen LogP contribution in [-0.4, -0.2) is 17.4 Å². The van der Waals surface area contributed by atoms with E-state index in [2.05, 4.69) is 174 Å². The van der Waals surface area contributed by atoms with Crippen LogP contribution in [0.4, 0.5) is 0 Å². The maximum Gasteiger partial charge on any atom is 0.149 e. The number of fused-ring (bicyclic) bond motifs is 4. The maximum atomic E-state index is 7.07. The molecule has 1 saturated carbocycles. The van der Waals surface area contributed by atoms with Crippen LogP contribution in [0.1, 0.15) is 95.8 Å². The number of nitrogens with zero attached hydrogens (tertiary/aromatic N) is 2. The molecule has 1 aliphatic carbocycles. The van der Waals surface area contributed by atoms with Gasteiger partial charge in [-0.2, -0.15) is 0 Å². The van der Waals surface area contributed by atoms with Crippen molar-refractivity contribution in [3.05, 3.63) is 144 Å². The molecule has 3 nitrogen and oxygen atoms in total. The summed E-state index contributed by atoms with van der Waals surface area (Å²) in [5, 5.41) is 1.94. The van der Waals surface area contributed by atoms with Gasteiger partial charge in [-0.1, -0.05) is 145 Å². The van der Waals surface area contributed by atoms with Crippen molar-refractivity contribution in [2.24, 2.45) is 5.41 Å². The fourth-order valence-corrected chi connectivity index (χ4v) is 8.86. The average Bonchev–Trinajstić information content (AvgIpc) is 3.77. The van der Waals surface area contributed by atoms with Crippen LogP contribution in [0, 0.1) is 5.41 Å². The molecule has 0 atom stereocenters. The Morgan fingerprint density at radius 1 is 0.618 bits per heavy atom. The zero-order chi connectivity index (χ0) is 38.1. The van der Waals surface area contributed by atoms with E-state index in [-0.39, 0.29) is 17.2 Å². The molecule has 1 aliphatic rings. The summed E-state index contributed by atoms with van der Waals surface area (Å²) in [6, 6.07) is 46.0. The SMILES string of the molecule is [B]C1(c2ccc(-c3cc(C(C)C)c(-n4c(-c5cccc6c5oc5cc(-c7ccccc7)ccc56)nc5ccccc54)c(C(C)C)c3)cc2)CCC(C)(C)CC1. The number of benzene rings is 6. The molecule has 6 aromatic carbocycles. The summed E-state index contributed by atoms with van der Waals surface area (Å²) in [5.74, 6) is 1.41. The van der Waals surface area contributed by atoms with E-state index in [9.17, 15) is 0 Å². The lowest BCUT2D eigenvalue weighted by atomic mass is 9.53. The van der Waals surface area contributed by atoms with Crippen LogP contribution in [0.3, 0.4) is 0 Å². The van der Waals surface area contributed by atoms with E-state index in [1.165, 1.54) is 39.1 Å². The number of hydrogen-bond acceptors (Lipinski definition) is 2. The van der Waals surface area contributed by atoms with Gasteiger partial charge in [0.1, 0.15) is 17.0 Å². The molecule has 2 radical (unpaired) electrons. The Kier molecular flexibility index (Phi) is 8.64. The van der Waals surface area contributed by atoms with E-state index >= 15 is 0 Å². The highest BCUT2D eigenvalue weighted by atomic mass is 16.3. The van der Waals surface area contributed by atoms with Crippen molar-refractivity contribution in [3.8, 4) is 39.3 Å². The average molecular weight is 717 g/mol. The molecule has 55 heavy (non-hydrogen) atoms. The van der Waals surface area contributed by atoms with Gasteiger partial charge in [-0.05, 0) is 111 Å². The molecule has 272 valence electrons. The molecule has 0 saturated heterocycles. The van der Waals surface area contributed by atoms with Crippen molar-refractivity contribution in [2.75, 3.05) is 0 Å². The Balaban J connectivity index is 1.21. The maximum absolute atomic E-state index is 7.07. The molecule has 0 aliphatic heterocycles. The Morgan fingerprint density at radius 3 is 1.95 bits per heavy atom. The summed E-state index contributed by atoms with van der Waals surface area (Å²) in [7, 11) is 7.07. The van der Waals surface area contributed by atoms with Crippen molar-refractivity contribution in [1.82, 2.24) is 9.55 Å². The lowest BCUT2D eigenvalue weighted by molar-refractivity contribution is 0.206. The summed E-state index contributed by atoms with van der Waals surface area (Å²) in [6.45, 7) is 14.0. The number of para-hydroxylation sites is 3. The molecule has 0 unspecified atom stereocenters. The molecule has 8 aromatic rings. The van der Waals surface area contributed by atoms with Gasteiger partial charge in [-0.25, -0.2) is 4.98 Å². The van der Waals surface area contributed by atoms with Gasteiger partial charge in [-0.15, -0.1) is 0 Å². The molecule has 0 amide bonds. The van der Waals surface area contributed by atoms with E-state index in [1.807, 2.05) is 0 Å². The van der Waals surface area contributed by atoms with E-state index in [0.717, 1.165) is 75.6 Å². The number of furan rings is 1. The molecule has 0 spiro atoms. The summed E-state index contributed by atoms with van der Waals surface area (Å²) in [6.07, 6.45) is 4.38. The normalized spacial score (nSPS) is 15.5. The zero-order valence-corrected chi connectivity index (χ0v) is 33.0. The topological polar surface area (TPSA) is 31.0 Å². The second kappa shape index (κ2) is 13.4. The summed E-state index contributed by atoms with van der Waals surface area (Å²) >= 11 is 0. The van der Waals surface area contributed by atoms with Gasteiger partial charge in [0.05, 0.1) is 30.1 Å². The smallest absolute Gasteiger partial charge is 0.149 e. The van der Waals surface area contributed by atoms with Crippen LogP contribution < -0.4 is 0 Å². The van der Waals surface area contributed by atoms with Crippen LogP contribution in [0.15, 0.2) is 132 Å². The first-order chi connectivity index (χ1) is 26.5. The lowest BCUT2D eigenvalue weighted by Gasteiger charge is -2.42. The van der Waals surface area contributed by atoms with Crippen LogP contribution >= 0.6 is 0 Å². The second-order valence-electron chi connectivity index (χ2n) is 17.3. The minimum Gasteiger partial charge on any atom is -0.455 e. The Hall–Kier alpha value is -5.35. The Morgan fingerprint density at radius 2 is 1.25 bits per heavy atom. The first-order valence-electron chi connectivity index (χ1n) is 20.1. The Labute approximate surface area is 326 Å². The highest BCUT2D eigenvalue weighted by Crippen LogP contribution is 2.46. The van der Waals surface area contributed by atoms with Gasteiger partial charge >= 0.3 is 0 Å². The highest BCUT2D eigenvalue weighted by Gasteiger charge is 2.35. The minimum atomic E-state index is -0.254. The van der Waals surface area contributed by atoms with Crippen molar-refractivity contribution >= 4 is 40.8 Å². The predicted molar refractivity (Wildman–Crippen MR) is 233 cm³/mol. The van der Waals surface area contributed by atoms with Crippen LogP contribution in [-0.2, 0) is 5.31 Å². The van der Waals surface area contributed by atoms with Gasteiger partial charge in [0.2, 0.25) is 0 Å². The van der Waals surface area contributed by atoms with E-state index in [0.29, 0.717) is 5.41 Å². The van der Waals surface area contributed by atoms with E-state index in [4.69, 9.17) is 17.2 Å². The van der Waals surface area contributed by atoms with Gasteiger partial charge in [0, 0.05) is 10.8 Å². The predicted octanol–water partition coefficient (Wildman–Crippen LogP) is 14.1. The minimum absolute atomic E-state index is 0.254. The largest absolute Gasteiger partial charge is 0.455 e. The first-order valence-corrected chi connectivity index (χ1v) is 20.1. The van der Waals surface area contributed by atoms with Gasteiger partial charge in [0.15, 0.2) is 0 Å². The van der Waals surface area contributed by atoms with Crippen LogP contribution in [0.2, 0.25) is 0 Å². The molecule has 9 rings (SSSR count). The fourth-order valence-electron chi connectivity index (χ4n) is 8.86. The molecular weight excluding hydrogens is 667 g/mol. The zero-order valence-electron chi connectivity index (χ0n) is 33.0. The number of imidazole rings is 1. The molecule has 0 N–H and O–H groups in total.